The molecule has 1 N–H and O–H groups in total. The van der Waals surface area contributed by atoms with Crippen LogP contribution in [0.2, 0.25) is 0 Å². The van der Waals surface area contributed by atoms with Crippen molar-refractivity contribution in [2.45, 2.75) is 19.9 Å². The average Bonchev–Trinajstić information content (AvgIpc) is 2.38. The van der Waals surface area contributed by atoms with E-state index in [-0.39, 0.29) is 11.1 Å². The summed E-state index contributed by atoms with van der Waals surface area (Å²) in [7, 11) is 1.63. The van der Waals surface area contributed by atoms with E-state index < -0.39 is 23.5 Å². The van der Waals surface area contributed by atoms with E-state index in [1.165, 1.54) is 31.2 Å². The minimum atomic E-state index is -0.897. The number of hydrogen-bond donors (Lipinski definition) is 1. The lowest BCUT2D eigenvalue weighted by Crippen LogP contribution is -2.20. The van der Waals surface area contributed by atoms with Gasteiger partial charge in [0, 0.05) is 5.56 Å². The Morgan fingerprint density at radius 1 is 0.950 bits per heavy atom. The standard InChI is InChI=1S/C16H16F3N/c1-9-6-11(8-12(17)7-9)16(20-3)13-5-4-10(2)14(18)15(13)19/h4-8,16,20H,1-3H3. The minimum absolute atomic E-state index is 0.167. The molecule has 2 aromatic rings. The molecule has 0 heterocycles. The van der Waals surface area contributed by atoms with Crippen molar-refractivity contribution in [3.63, 3.8) is 0 Å². The summed E-state index contributed by atoms with van der Waals surface area (Å²) in [5, 5.41) is 2.90. The molecule has 0 saturated carbocycles. The number of aryl methyl sites for hydroxylation is 2. The SMILES string of the molecule is CNC(c1cc(C)cc(F)c1)c1ccc(C)c(F)c1F. The third-order valence-corrected chi connectivity index (χ3v) is 3.30. The van der Waals surface area contributed by atoms with Gasteiger partial charge in [-0.3, -0.25) is 0 Å². The molecule has 2 aromatic carbocycles. The van der Waals surface area contributed by atoms with Crippen molar-refractivity contribution in [1.29, 1.82) is 0 Å². The van der Waals surface area contributed by atoms with Crippen LogP contribution in [0.4, 0.5) is 13.2 Å². The van der Waals surface area contributed by atoms with Crippen molar-refractivity contribution in [3.8, 4) is 0 Å². The summed E-state index contributed by atoms with van der Waals surface area (Å²) in [6.45, 7) is 3.26. The predicted octanol–water partition coefficient (Wildman–Crippen LogP) is 4.03. The highest BCUT2D eigenvalue weighted by Crippen LogP contribution is 2.27. The van der Waals surface area contributed by atoms with E-state index in [2.05, 4.69) is 5.32 Å². The monoisotopic (exact) mass is 279 g/mol. The van der Waals surface area contributed by atoms with Gasteiger partial charge in [0.05, 0.1) is 6.04 Å². The van der Waals surface area contributed by atoms with Crippen molar-refractivity contribution in [2.75, 3.05) is 7.05 Å². The van der Waals surface area contributed by atoms with Crippen LogP contribution in [0.3, 0.4) is 0 Å². The normalized spacial score (nSPS) is 12.5. The van der Waals surface area contributed by atoms with Gasteiger partial charge in [0.25, 0.3) is 0 Å². The fourth-order valence-electron chi connectivity index (χ4n) is 2.32. The number of halogens is 3. The van der Waals surface area contributed by atoms with E-state index in [0.29, 0.717) is 5.56 Å². The van der Waals surface area contributed by atoms with Gasteiger partial charge in [0.2, 0.25) is 0 Å². The van der Waals surface area contributed by atoms with Crippen molar-refractivity contribution < 1.29 is 13.2 Å². The number of hydrogen-bond acceptors (Lipinski definition) is 1. The van der Waals surface area contributed by atoms with Gasteiger partial charge in [0.1, 0.15) is 5.82 Å². The smallest absolute Gasteiger partial charge is 0.164 e. The third kappa shape index (κ3) is 2.70. The second-order valence-electron chi connectivity index (χ2n) is 4.88. The topological polar surface area (TPSA) is 12.0 Å². The van der Waals surface area contributed by atoms with Crippen molar-refractivity contribution in [2.24, 2.45) is 0 Å². The predicted molar refractivity (Wildman–Crippen MR) is 73.1 cm³/mol. The Labute approximate surface area is 116 Å². The van der Waals surface area contributed by atoms with Crippen LogP contribution in [0.5, 0.6) is 0 Å². The van der Waals surface area contributed by atoms with E-state index in [1.807, 2.05) is 0 Å². The molecule has 0 fully saturated rings. The van der Waals surface area contributed by atoms with Crippen LogP contribution in [-0.2, 0) is 0 Å². The van der Waals surface area contributed by atoms with Crippen LogP contribution in [0.15, 0.2) is 30.3 Å². The van der Waals surface area contributed by atoms with Gasteiger partial charge in [-0.2, -0.15) is 0 Å². The van der Waals surface area contributed by atoms with Crippen molar-refractivity contribution in [3.05, 3.63) is 70.0 Å². The zero-order valence-corrected chi connectivity index (χ0v) is 11.6. The van der Waals surface area contributed by atoms with Gasteiger partial charge in [-0.05, 0) is 49.7 Å². The maximum absolute atomic E-state index is 14.1. The Morgan fingerprint density at radius 2 is 1.65 bits per heavy atom. The molecule has 0 bridgehead atoms. The Bertz CT molecular complexity index is 618. The summed E-state index contributed by atoms with van der Waals surface area (Å²) >= 11 is 0. The molecular weight excluding hydrogens is 263 g/mol. The quantitative estimate of drug-likeness (QED) is 0.894. The summed E-state index contributed by atoms with van der Waals surface area (Å²) in [4.78, 5) is 0. The fourth-order valence-corrected chi connectivity index (χ4v) is 2.32. The lowest BCUT2D eigenvalue weighted by Gasteiger charge is -2.19. The molecule has 1 nitrogen and oxygen atoms in total. The lowest BCUT2D eigenvalue weighted by molar-refractivity contribution is 0.482. The molecule has 0 saturated heterocycles. The molecule has 0 amide bonds. The Morgan fingerprint density at radius 3 is 2.25 bits per heavy atom. The van der Waals surface area contributed by atoms with Crippen LogP contribution in [-0.4, -0.2) is 7.05 Å². The largest absolute Gasteiger partial charge is 0.309 e. The van der Waals surface area contributed by atoms with Crippen LogP contribution < -0.4 is 5.32 Å². The summed E-state index contributed by atoms with van der Waals surface area (Å²) < 4.78 is 41.3. The molecule has 1 unspecified atom stereocenters. The minimum Gasteiger partial charge on any atom is -0.309 e. The zero-order valence-electron chi connectivity index (χ0n) is 11.6. The highest BCUT2D eigenvalue weighted by atomic mass is 19.2. The van der Waals surface area contributed by atoms with E-state index in [4.69, 9.17) is 0 Å². The molecule has 20 heavy (non-hydrogen) atoms. The average molecular weight is 279 g/mol. The maximum Gasteiger partial charge on any atom is 0.164 e. The van der Waals surface area contributed by atoms with Gasteiger partial charge in [-0.25, -0.2) is 13.2 Å². The van der Waals surface area contributed by atoms with Crippen LogP contribution >= 0.6 is 0 Å². The maximum atomic E-state index is 14.1. The molecule has 0 aliphatic heterocycles. The first-order valence-electron chi connectivity index (χ1n) is 6.33. The van der Waals surface area contributed by atoms with E-state index in [9.17, 15) is 13.2 Å². The molecule has 0 radical (unpaired) electrons. The van der Waals surface area contributed by atoms with Crippen LogP contribution in [0.1, 0.15) is 28.3 Å². The zero-order chi connectivity index (χ0) is 14.9. The van der Waals surface area contributed by atoms with E-state index in [1.54, 1.807) is 20.0 Å². The van der Waals surface area contributed by atoms with Crippen LogP contribution in [0.25, 0.3) is 0 Å². The van der Waals surface area contributed by atoms with Crippen LogP contribution in [0, 0.1) is 31.3 Å². The molecule has 0 aliphatic rings. The van der Waals surface area contributed by atoms with Crippen molar-refractivity contribution in [1.82, 2.24) is 5.32 Å². The van der Waals surface area contributed by atoms with E-state index in [0.717, 1.165) is 5.56 Å². The molecule has 2 rings (SSSR count). The lowest BCUT2D eigenvalue weighted by atomic mass is 9.96. The number of rotatable bonds is 3. The number of nitrogens with one attached hydrogen (secondary N) is 1. The second kappa shape index (κ2) is 5.67. The summed E-state index contributed by atoms with van der Waals surface area (Å²) in [5.74, 6) is -2.16. The van der Waals surface area contributed by atoms with Gasteiger partial charge in [0.15, 0.2) is 11.6 Å². The molecule has 0 aromatic heterocycles. The number of benzene rings is 2. The fraction of sp³-hybridized carbons (Fsp3) is 0.250. The van der Waals surface area contributed by atoms with Gasteiger partial charge in [-0.15, -0.1) is 0 Å². The third-order valence-electron chi connectivity index (χ3n) is 3.30. The highest BCUT2D eigenvalue weighted by Gasteiger charge is 2.20. The van der Waals surface area contributed by atoms with Gasteiger partial charge in [-0.1, -0.05) is 18.2 Å². The van der Waals surface area contributed by atoms with Crippen molar-refractivity contribution >= 4 is 0 Å². The highest BCUT2D eigenvalue weighted by molar-refractivity contribution is 5.37. The first-order valence-corrected chi connectivity index (χ1v) is 6.33. The Hall–Kier alpha value is -1.81. The van der Waals surface area contributed by atoms with Gasteiger partial charge < -0.3 is 5.32 Å². The first-order chi connectivity index (χ1) is 9.43. The first kappa shape index (κ1) is 14.6. The second-order valence-corrected chi connectivity index (χ2v) is 4.88. The molecule has 0 spiro atoms. The Balaban J connectivity index is 2.55. The molecule has 4 heteroatoms. The van der Waals surface area contributed by atoms with Gasteiger partial charge >= 0.3 is 0 Å². The van der Waals surface area contributed by atoms with E-state index >= 15 is 0 Å². The summed E-state index contributed by atoms with van der Waals surface area (Å²) in [6, 6.07) is 6.91. The Kier molecular flexibility index (Phi) is 4.14. The summed E-state index contributed by atoms with van der Waals surface area (Å²) in [5.41, 5.74) is 1.71. The molecular formula is C16H16F3N. The molecule has 106 valence electrons. The summed E-state index contributed by atoms with van der Waals surface area (Å²) in [6.07, 6.45) is 0. The molecule has 0 aliphatic carbocycles. The molecule has 1 atom stereocenters.